The van der Waals surface area contributed by atoms with Gasteiger partial charge in [0.25, 0.3) is 0 Å². The molecule has 0 nitrogen and oxygen atoms in total. The molecule has 0 amide bonds. The summed E-state index contributed by atoms with van der Waals surface area (Å²) in [6.45, 7) is 0. The minimum absolute atomic E-state index is 0.788. The normalized spacial score (nSPS) is 8.20. The molecule has 53 valence electrons. The van der Waals surface area contributed by atoms with Crippen LogP contribution < -0.4 is 0 Å². The first kappa shape index (κ1) is 9.12. The Morgan fingerprint density at radius 3 is 2.50 bits per heavy atom. The van der Waals surface area contributed by atoms with Crippen LogP contribution >= 0.6 is 0 Å². The Balaban J connectivity index is 2.80. The Morgan fingerprint density at radius 1 is 1.10 bits per heavy atom. The van der Waals surface area contributed by atoms with E-state index in [2.05, 4.69) is 18.3 Å². The van der Waals surface area contributed by atoms with Gasteiger partial charge in [-0.1, -0.05) is 6.42 Å². The third-order valence-electron chi connectivity index (χ3n) is 1.24. The van der Waals surface area contributed by atoms with Gasteiger partial charge in [-0.2, -0.15) is 0 Å². The van der Waals surface area contributed by atoms with E-state index in [9.17, 15) is 0 Å². The largest absolute Gasteiger partial charge is 0.120 e. The second-order valence-corrected chi connectivity index (χ2v) is 2.15. The van der Waals surface area contributed by atoms with Gasteiger partial charge in [-0.25, -0.2) is 0 Å². The van der Waals surface area contributed by atoms with Crippen molar-refractivity contribution in [3.8, 4) is 24.7 Å². The third kappa shape index (κ3) is 7.12. The van der Waals surface area contributed by atoms with Crippen LogP contribution in [0.5, 0.6) is 0 Å². The summed E-state index contributed by atoms with van der Waals surface area (Å²) in [6, 6.07) is 0. The molecule has 0 aliphatic heterocycles. The number of unbranched alkanes of at least 4 members (excludes halogenated alkanes) is 5. The van der Waals surface area contributed by atoms with E-state index >= 15 is 0 Å². The quantitative estimate of drug-likeness (QED) is 0.399. The van der Waals surface area contributed by atoms with E-state index in [4.69, 9.17) is 12.8 Å². The molecule has 0 N–H and O–H groups in total. The molecule has 0 unspecified atom stereocenters. The van der Waals surface area contributed by atoms with E-state index in [1.807, 2.05) is 0 Å². The maximum absolute atomic E-state index is 5.08. The van der Waals surface area contributed by atoms with Crippen molar-refractivity contribution in [1.29, 1.82) is 0 Å². The van der Waals surface area contributed by atoms with E-state index in [1.165, 1.54) is 6.42 Å². The van der Waals surface area contributed by atoms with Crippen molar-refractivity contribution in [3.63, 3.8) is 0 Å². The molecular formula is C10H13. The first-order chi connectivity index (χ1) is 4.91. The molecule has 0 heterocycles. The summed E-state index contributed by atoms with van der Waals surface area (Å²) in [7, 11) is 0. The van der Waals surface area contributed by atoms with E-state index < -0.39 is 0 Å². The summed E-state index contributed by atoms with van der Waals surface area (Å²) < 4.78 is 0. The number of hydrogen-bond acceptors (Lipinski definition) is 0. The van der Waals surface area contributed by atoms with Crippen LogP contribution in [0.3, 0.4) is 0 Å². The second kappa shape index (κ2) is 8.12. The van der Waals surface area contributed by atoms with Gasteiger partial charge in [0.15, 0.2) is 0 Å². The van der Waals surface area contributed by atoms with Crippen LogP contribution in [-0.2, 0) is 0 Å². The maximum Gasteiger partial charge on any atom is 0.0117 e. The van der Waals surface area contributed by atoms with E-state index in [0.29, 0.717) is 0 Å². The van der Waals surface area contributed by atoms with Crippen LogP contribution in [0.1, 0.15) is 32.1 Å². The van der Waals surface area contributed by atoms with E-state index in [-0.39, 0.29) is 0 Å². The lowest BCUT2D eigenvalue weighted by atomic mass is 10.1. The fraction of sp³-hybridized carbons (Fsp3) is 0.500. The first-order valence-corrected chi connectivity index (χ1v) is 3.60. The molecule has 0 rings (SSSR count). The second-order valence-electron chi connectivity index (χ2n) is 2.15. The summed E-state index contributed by atoms with van der Waals surface area (Å²) in [5.41, 5.74) is 0. The Morgan fingerprint density at radius 2 is 1.90 bits per heavy atom. The molecule has 10 heavy (non-hydrogen) atoms. The first-order valence-electron chi connectivity index (χ1n) is 3.60. The predicted molar refractivity (Wildman–Crippen MR) is 45.1 cm³/mol. The number of rotatable bonds is 5. The van der Waals surface area contributed by atoms with Gasteiger partial charge in [0.1, 0.15) is 0 Å². The zero-order chi connectivity index (χ0) is 7.66. The molecule has 0 atom stereocenters. The molecular weight excluding hydrogens is 120 g/mol. The summed E-state index contributed by atoms with van der Waals surface area (Å²) in [5.74, 6) is 5.17. The van der Waals surface area contributed by atoms with Crippen molar-refractivity contribution in [1.82, 2.24) is 0 Å². The molecule has 0 bridgehead atoms. The van der Waals surface area contributed by atoms with Gasteiger partial charge < -0.3 is 0 Å². The summed E-state index contributed by atoms with van der Waals surface area (Å²) in [6.07, 6.45) is 17.3. The summed E-state index contributed by atoms with van der Waals surface area (Å²) in [5, 5.41) is 0. The Labute approximate surface area is 64.0 Å². The van der Waals surface area contributed by atoms with Crippen molar-refractivity contribution < 1.29 is 0 Å². The van der Waals surface area contributed by atoms with Gasteiger partial charge in [-0.3, -0.25) is 0 Å². The summed E-state index contributed by atoms with van der Waals surface area (Å²) in [4.78, 5) is 0. The zero-order valence-electron chi connectivity index (χ0n) is 6.27. The average molecular weight is 133 g/mol. The fourth-order valence-electron chi connectivity index (χ4n) is 0.701. The molecule has 0 heteroatoms. The predicted octanol–water partition coefficient (Wildman–Crippen LogP) is 2.41. The minimum atomic E-state index is 0.788. The molecule has 0 aliphatic carbocycles. The Hall–Kier alpha value is -0.880. The fourth-order valence-corrected chi connectivity index (χ4v) is 0.701. The lowest BCUT2D eigenvalue weighted by Gasteiger charge is -1.93. The van der Waals surface area contributed by atoms with Gasteiger partial charge in [-0.15, -0.1) is 24.7 Å². The topological polar surface area (TPSA) is 0 Å². The molecule has 1 radical (unpaired) electrons. The number of terminal acetylenes is 2. The van der Waals surface area contributed by atoms with Crippen LogP contribution in [-0.4, -0.2) is 0 Å². The van der Waals surface area contributed by atoms with Crippen LogP contribution in [0.2, 0.25) is 0 Å². The molecule has 0 aliphatic rings. The molecule has 0 aromatic carbocycles. The van der Waals surface area contributed by atoms with Crippen molar-refractivity contribution in [2.75, 3.05) is 0 Å². The van der Waals surface area contributed by atoms with Crippen molar-refractivity contribution >= 4 is 0 Å². The van der Waals surface area contributed by atoms with E-state index in [0.717, 1.165) is 25.7 Å². The lowest BCUT2D eigenvalue weighted by molar-refractivity contribution is 0.740. The highest BCUT2D eigenvalue weighted by Gasteiger charge is 1.86. The van der Waals surface area contributed by atoms with Crippen molar-refractivity contribution in [2.24, 2.45) is 0 Å². The maximum atomic E-state index is 5.08. The van der Waals surface area contributed by atoms with Gasteiger partial charge in [-0.05, 0) is 19.3 Å². The van der Waals surface area contributed by atoms with Crippen molar-refractivity contribution in [2.45, 2.75) is 32.1 Å². The highest BCUT2D eigenvalue weighted by molar-refractivity contribution is 4.90. The molecule has 0 aromatic rings. The Kier molecular flexibility index (Phi) is 7.41. The van der Waals surface area contributed by atoms with Gasteiger partial charge in [0.2, 0.25) is 0 Å². The average Bonchev–Trinajstić information content (AvgIpc) is 1.97. The highest BCUT2D eigenvalue weighted by Crippen LogP contribution is 2.02. The number of hydrogen-bond donors (Lipinski definition) is 0. The molecule has 0 spiro atoms. The third-order valence-corrected chi connectivity index (χ3v) is 1.24. The van der Waals surface area contributed by atoms with Gasteiger partial charge >= 0.3 is 0 Å². The van der Waals surface area contributed by atoms with Crippen LogP contribution in [0.25, 0.3) is 0 Å². The van der Waals surface area contributed by atoms with Crippen LogP contribution in [0, 0.1) is 31.1 Å². The molecule has 0 fully saturated rings. The summed E-state index contributed by atoms with van der Waals surface area (Å²) >= 11 is 0. The van der Waals surface area contributed by atoms with Crippen molar-refractivity contribution in [3.05, 3.63) is 6.42 Å². The van der Waals surface area contributed by atoms with Crippen LogP contribution in [0.15, 0.2) is 0 Å². The molecule has 0 saturated carbocycles. The van der Waals surface area contributed by atoms with Gasteiger partial charge in [0.05, 0.1) is 0 Å². The minimum Gasteiger partial charge on any atom is -0.120 e. The highest BCUT2D eigenvalue weighted by atomic mass is 13.9. The van der Waals surface area contributed by atoms with Crippen LogP contribution in [0.4, 0.5) is 0 Å². The Bertz CT molecular complexity index is 113. The van der Waals surface area contributed by atoms with Gasteiger partial charge in [0, 0.05) is 12.8 Å². The standard InChI is InChI=1S/C10H13/c1-3-5-7-9-10-8-6-4-2/h1-2,7H,5-6,8-10H2. The smallest absolute Gasteiger partial charge is 0.0117 e. The monoisotopic (exact) mass is 133 g/mol. The molecule has 0 aromatic heterocycles. The SMILES string of the molecule is C#CC[CH]CCCCC#C. The van der Waals surface area contributed by atoms with E-state index in [1.54, 1.807) is 0 Å². The lowest BCUT2D eigenvalue weighted by Crippen LogP contribution is -1.77. The zero-order valence-corrected chi connectivity index (χ0v) is 6.27. The molecule has 0 saturated heterocycles.